The topological polar surface area (TPSA) is 38.3 Å². The van der Waals surface area contributed by atoms with Crippen LogP contribution in [0.3, 0.4) is 0 Å². The minimum absolute atomic E-state index is 0.124. The number of nitrogens with one attached hydrogen (secondary N) is 1. The van der Waals surface area contributed by atoms with E-state index < -0.39 is 10.8 Å². The van der Waals surface area contributed by atoms with Gasteiger partial charge in [-0.2, -0.15) is 0 Å². The van der Waals surface area contributed by atoms with Crippen molar-refractivity contribution in [2.24, 2.45) is 0 Å². The van der Waals surface area contributed by atoms with Crippen molar-refractivity contribution in [3.8, 4) is 0 Å². The first-order valence-corrected chi connectivity index (χ1v) is 6.03. The highest BCUT2D eigenvalue weighted by Gasteiger charge is 2.24. The molecule has 3 nitrogen and oxygen atoms in total. The van der Waals surface area contributed by atoms with Crippen LogP contribution >= 0.6 is 0 Å². The third kappa shape index (κ3) is 3.75. The highest BCUT2D eigenvalue weighted by atomic mass is 32.2. The molecule has 0 aromatic rings. The van der Waals surface area contributed by atoms with Gasteiger partial charge in [-0.05, 0) is 20.8 Å². The molecule has 0 radical (unpaired) electrons. The first kappa shape index (κ1) is 11.1. The Bertz CT molecular complexity index is 183. The fourth-order valence-corrected chi connectivity index (χ4v) is 2.20. The van der Waals surface area contributed by atoms with E-state index in [0.29, 0.717) is 5.75 Å². The molecule has 0 aliphatic carbocycles. The third-order valence-corrected chi connectivity index (χ3v) is 4.07. The summed E-state index contributed by atoms with van der Waals surface area (Å²) in [7, 11) is -0.800. The fraction of sp³-hybridized carbons (Fsp3) is 1.00. The van der Waals surface area contributed by atoms with Gasteiger partial charge in [0, 0.05) is 28.6 Å². The maximum Gasteiger partial charge on any atom is 0.0815 e. The summed E-state index contributed by atoms with van der Waals surface area (Å²) in [4.78, 5) is 0. The summed E-state index contributed by atoms with van der Waals surface area (Å²) in [6.45, 7) is 8.49. The molecular formula is C9H19NO2S. The molecule has 78 valence electrons. The predicted molar refractivity (Wildman–Crippen MR) is 55.4 cm³/mol. The zero-order valence-electron chi connectivity index (χ0n) is 8.63. The van der Waals surface area contributed by atoms with Gasteiger partial charge in [-0.1, -0.05) is 0 Å². The van der Waals surface area contributed by atoms with Crippen molar-refractivity contribution in [1.29, 1.82) is 0 Å². The lowest BCUT2D eigenvalue weighted by atomic mass is 10.3. The van der Waals surface area contributed by atoms with Crippen LogP contribution in [-0.2, 0) is 15.5 Å². The molecule has 0 aromatic carbocycles. The van der Waals surface area contributed by atoms with Crippen LogP contribution in [0.1, 0.15) is 20.8 Å². The number of morpholine rings is 1. The Labute approximate surface area is 82.7 Å². The van der Waals surface area contributed by atoms with Crippen LogP contribution in [-0.4, -0.2) is 40.5 Å². The van der Waals surface area contributed by atoms with Crippen LogP contribution in [0.4, 0.5) is 0 Å². The maximum atomic E-state index is 11.7. The highest BCUT2D eigenvalue weighted by Crippen LogP contribution is 2.13. The molecule has 0 bridgehead atoms. The Balaban J connectivity index is 2.35. The van der Waals surface area contributed by atoms with Crippen LogP contribution in [0.5, 0.6) is 0 Å². The molecule has 1 N–H and O–H groups in total. The Morgan fingerprint density at radius 3 is 2.69 bits per heavy atom. The molecule has 1 fully saturated rings. The molecule has 2 unspecified atom stereocenters. The SMILES string of the molecule is CC(C)(C)S(=O)CC1CNCCO1. The maximum absolute atomic E-state index is 11.7. The number of hydrogen-bond acceptors (Lipinski definition) is 3. The zero-order valence-corrected chi connectivity index (χ0v) is 9.45. The van der Waals surface area contributed by atoms with Crippen molar-refractivity contribution >= 4 is 10.8 Å². The van der Waals surface area contributed by atoms with Crippen molar-refractivity contribution in [2.75, 3.05) is 25.4 Å². The van der Waals surface area contributed by atoms with Crippen LogP contribution < -0.4 is 5.32 Å². The zero-order chi connectivity index (χ0) is 9.90. The monoisotopic (exact) mass is 205 g/mol. The van der Waals surface area contributed by atoms with Gasteiger partial charge in [-0.25, -0.2) is 0 Å². The predicted octanol–water partition coefficient (Wildman–Crippen LogP) is 0.522. The second-order valence-corrected chi connectivity index (χ2v) is 6.57. The lowest BCUT2D eigenvalue weighted by Crippen LogP contribution is -2.43. The molecule has 1 saturated heterocycles. The molecular weight excluding hydrogens is 186 g/mol. The molecule has 0 saturated carbocycles. The molecule has 1 aliphatic heterocycles. The van der Waals surface area contributed by atoms with Crippen LogP contribution in [0, 0.1) is 0 Å². The van der Waals surface area contributed by atoms with Crippen LogP contribution in [0.15, 0.2) is 0 Å². The van der Waals surface area contributed by atoms with E-state index in [0.717, 1.165) is 19.7 Å². The van der Waals surface area contributed by atoms with Crippen molar-refractivity contribution in [1.82, 2.24) is 5.32 Å². The molecule has 0 amide bonds. The van der Waals surface area contributed by atoms with Gasteiger partial charge in [0.25, 0.3) is 0 Å². The van der Waals surface area contributed by atoms with Crippen LogP contribution in [0.2, 0.25) is 0 Å². The fourth-order valence-electron chi connectivity index (χ4n) is 1.15. The quantitative estimate of drug-likeness (QED) is 0.714. The van der Waals surface area contributed by atoms with E-state index in [1.54, 1.807) is 0 Å². The van der Waals surface area contributed by atoms with E-state index in [-0.39, 0.29) is 10.9 Å². The first-order valence-electron chi connectivity index (χ1n) is 4.71. The van der Waals surface area contributed by atoms with Crippen molar-refractivity contribution in [3.63, 3.8) is 0 Å². The molecule has 0 spiro atoms. The molecule has 2 atom stereocenters. The van der Waals surface area contributed by atoms with Gasteiger partial charge in [0.05, 0.1) is 18.5 Å². The van der Waals surface area contributed by atoms with Crippen molar-refractivity contribution in [3.05, 3.63) is 0 Å². The minimum Gasteiger partial charge on any atom is -0.375 e. The number of rotatable bonds is 2. The van der Waals surface area contributed by atoms with Crippen LogP contribution in [0.25, 0.3) is 0 Å². The van der Waals surface area contributed by atoms with E-state index in [4.69, 9.17) is 4.74 Å². The van der Waals surface area contributed by atoms with E-state index in [9.17, 15) is 4.21 Å². The molecule has 1 aliphatic rings. The summed E-state index contributed by atoms with van der Waals surface area (Å²) in [6, 6.07) is 0. The lowest BCUT2D eigenvalue weighted by molar-refractivity contribution is 0.0433. The molecule has 0 aromatic heterocycles. The van der Waals surface area contributed by atoms with Gasteiger partial charge < -0.3 is 10.1 Å². The highest BCUT2D eigenvalue weighted by molar-refractivity contribution is 7.86. The second kappa shape index (κ2) is 4.53. The van der Waals surface area contributed by atoms with Gasteiger partial charge in [-0.3, -0.25) is 4.21 Å². The first-order chi connectivity index (χ1) is 6.00. The second-order valence-electron chi connectivity index (χ2n) is 4.32. The summed E-state index contributed by atoms with van der Waals surface area (Å²) < 4.78 is 17.1. The minimum atomic E-state index is -0.800. The van der Waals surface area contributed by atoms with Gasteiger partial charge >= 0.3 is 0 Å². The van der Waals surface area contributed by atoms with E-state index in [1.807, 2.05) is 20.8 Å². The molecule has 13 heavy (non-hydrogen) atoms. The van der Waals surface area contributed by atoms with Crippen molar-refractivity contribution < 1.29 is 8.95 Å². The average molecular weight is 205 g/mol. The number of hydrogen-bond donors (Lipinski definition) is 1. The van der Waals surface area contributed by atoms with Gasteiger partial charge in [0.1, 0.15) is 0 Å². The normalized spacial score (nSPS) is 27.2. The molecule has 1 rings (SSSR count). The van der Waals surface area contributed by atoms with Gasteiger partial charge in [0.2, 0.25) is 0 Å². The smallest absolute Gasteiger partial charge is 0.0815 e. The van der Waals surface area contributed by atoms with E-state index in [1.165, 1.54) is 0 Å². The Kier molecular flexibility index (Phi) is 3.88. The van der Waals surface area contributed by atoms with E-state index in [2.05, 4.69) is 5.32 Å². The lowest BCUT2D eigenvalue weighted by Gasteiger charge is -2.26. The summed E-state index contributed by atoms with van der Waals surface area (Å²) in [5, 5.41) is 3.23. The van der Waals surface area contributed by atoms with Gasteiger partial charge in [0.15, 0.2) is 0 Å². The van der Waals surface area contributed by atoms with Gasteiger partial charge in [-0.15, -0.1) is 0 Å². The Morgan fingerprint density at radius 1 is 1.54 bits per heavy atom. The Morgan fingerprint density at radius 2 is 2.23 bits per heavy atom. The largest absolute Gasteiger partial charge is 0.375 e. The Hall–Kier alpha value is 0.0700. The average Bonchev–Trinajstić information content (AvgIpc) is 2.04. The summed E-state index contributed by atoms with van der Waals surface area (Å²) in [6.07, 6.45) is 0.133. The van der Waals surface area contributed by atoms with E-state index >= 15 is 0 Å². The summed E-state index contributed by atoms with van der Waals surface area (Å²) >= 11 is 0. The summed E-state index contributed by atoms with van der Waals surface area (Å²) in [5.41, 5.74) is 0. The third-order valence-electron chi connectivity index (χ3n) is 2.02. The number of ether oxygens (including phenoxy) is 1. The molecule has 4 heteroatoms. The van der Waals surface area contributed by atoms with Crippen molar-refractivity contribution in [2.45, 2.75) is 31.6 Å². The molecule has 1 heterocycles. The summed E-state index contributed by atoms with van der Waals surface area (Å²) in [5.74, 6) is 0.649. The standard InChI is InChI=1S/C9H19NO2S/c1-9(2,3)13(11)7-8-6-10-4-5-12-8/h8,10H,4-7H2,1-3H3.